The van der Waals surface area contributed by atoms with Crippen LogP contribution in [0.1, 0.15) is 32.1 Å². The zero-order valence-corrected chi connectivity index (χ0v) is 9.82. The van der Waals surface area contributed by atoms with Gasteiger partial charge in [-0.3, -0.25) is 9.69 Å². The third-order valence-corrected chi connectivity index (χ3v) is 3.61. The van der Waals surface area contributed by atoms with Crippen molar-refractivity contribution in [3.05, 3.63) is 0 Å². The molecule has 0 bridgehead atoms. The first-order valence-electron chi connectivity index (χ1n) is 6.41. The summed E-state index contributed by atoms with van der Waals surface area (Å²) in [6.07, 6.45) is 6.21. The fourth-order valence-electron chi connectivity index (χ4n) is 2.15. The standard InChI is InChI=1S/C12H22N2O2/c15-7-6-14(11-4-5-11)9-12(16)13-8-10-2-1-3-10/h10-11,15H,1-9H2,(H,13,16). The molecule has 92 valence electrons. The molecule has 0 aromatic heterocycles. The summed E-state index contributed by atoms with van der Waals surface area (Å²) in [6, 6.07) is 0.543. The minimum Gasteiger partial charge on any atom is -0.395 e. The number of carbonyl (C=O) groups excluding carboxylic acids is 1. The Morgan fingerprint density at radius 2 is 2.06 bits per heavy atom. The summed E-state index contributed by atoms with van der Waals surface area (Å²) < 4.78 is 0. The van der Waals surface area contributed by atoms with E-state index in [0.29, 0.717) is 19.1 Å². The van der Waals surface area contributed by atoms with Crippen LogP contribution in [-0.2, 0) is 4.79 Å². The zero-order valence-electron chi connectivity index (χ0n) is 9.82. The highest BCUT2D eigenvalue weighted by molar-refractivity contribution is 5.78. The van der Waals surface area contributed by atoms with Gasteiger partial charge in [-0.2, -0.15) is 0 Å². The summed E-state index contributed by atoms with van der Waals surface area (Å²) in [7, 11) is 0. The van der Waals surface area contributed by atoms with E-state index in [1.165, 1.54) is 32.1 Å². The van der Waals surface area contributed by atoms with Crippen molar-refractivity contribution < 1.29 is 9.90 Å². The molecular formula is C12H22N2O2. The van der Waals surface area contributed by atoms with Crippen molar-refractivity contribution in [2.75, 3.05) is 26.2 Å². The van der Waals surface area contributed by atoms with Gasteiger partial charge in [0.05, 0.1) is 13.2 Å². The molecule has 0 radical (unpaired) electrons. The lowest BCUT2D eigenvalue weighted by molar-refractivity contribution is -0.122. The molecule has 2 aliphatic carbocycles. The topological polar surface area (TPSA) is 52.6 Å². The first-order valence-corrected chi connectivity index (χ1v) is 6.41. The number of rotatable bonds is 7. The van der Waals surface area contributed by atoms with Gasteiger partial charge in [-0.25, -0.2) is 0 Å². The van der Waals surface area contributed by atoms with E-state index in [9.17, 15) is 4.79 Å². The molecule has 0 aromatic rings. The number of hydrogen-bond acceptors (Lipinski definition) is 3. The van der Waals surface area contributed by atoms with E-state index in [2.05, 4.69) is 10.2 Å². The number of carbonyl (C=O) groups is 1. The van der Waals surface area contributed by atoms with Crippen LogP contribution >= 0.6 is 0 Å². The van der Waals surface area contributed by atoms with E-state index in [4.69, 9.17) is 5.11 Å². The Kier molecular flexibility index (Phi) is 4.18. The Morgan fingerprint density at radius 1 is 1.31 bits per heavy atom. The Morgan fingerprint density at radius 3 is 2.56 bits per heavy atom. The quantitative estimate of drug-likeness (QED) is 0.659. The lowest BCUT2D eigenvalue weighted by atomic mass is 9.85. The lowest BCUT2D eigenvalue weighted by Gasteiger charge is -2.26. The molecule has 2 rings (SSSR count). The number of aliphatic hydroxyl groups is 1. The molecule has 1 amide bonds. The number of aliphatic hydroxyl groups excluding tert-OH is 1. The second kappa shape index (κ2) is 5.64. The van der Waals surface area contributed by atoms with Crippen molar-refractivity contribution in [1.29, 1.82) is 0 Å². The van der Waals surface area contributed by atoms with Crippen molar-refractivity contribution >= 4 is 5.91 Å². The molecule has 0 saturated heterocycles. The SMILES string of the molecule is O=C(CN(CCO)C1CC1)NCC1CCC1. The van der Waals surface area contributed by atoms with Gasteiger partial charge in [0, 0.05) is 19.1 Å². The summed E-state index contributed by atoms with van der Waals surface area (Å²) in [5.41, 5.74) is 0. The van der Waals surface area contributed by atoms with Gasteiger partial charge in [-0.05, 0) is 31.6 Å². The normalized spacial score (nSPS) is 20.9. The predicted octanol–water partition coefficient (Wildman–Crippen LogP) is 0.359. The van der Waals surface area contributed by atoms with E-state index in [1.54, 1.807) is 0 Å². The maximum atomic E-state index is 11.7. The number of nitrogens with zero attached hydrogens (tertiary/aromatic N) is 1. The molecular weight excluding hydrogens is 204 g/mol. The maximum absolute atomic E-state index is 11.7. The van der Waals surface area contributed by atoms with Crippen LogP contribution in [0.15, 0.2) is 0 Å². The first kappa shape index (κ1) is 11.9. The van der Waals surface area contributed by atoms with Crippen LogP contribution in [0.25, 0.3) is 0 Å². The third kappa shape index (κ3) is 3.46. The zero-order chi connectivity index (χ0) is 11.4. The minimum absolute atomic E-state index is 0.118. The fraction of sp³-hybridized carbons (Fsp3) is 0.917. The molecule has 16 heavy (non-hydrogen) atoms. The van der Waals surface area contributed by atoms with Crippen molar-refractivity contribution in [3.63, 3.8) is 0 Å². The monoisotopic (exact) mass is 226 g/mol. The highest BCUT2D eigenvalue weighted by atomic mass is 16.3. The predicted molar refractivity (Wildman–Crippen MR) is 62.0 cm³/mol. The van der Waals surface area contributed by atoms with E-state index in [1.807, 2.05) is 0 Å². The van der Waals surface area contributed by atoms with Gasteiger partial charge >= 0.3 is 0 Å². The summed E-state index contributed by atoms with van der Waals surface area (Å²) in [4.78, 5) is 13.8. The van der Waals surface area contributed by atoms with E-state index >= 15 is 0 Å². The molecule has 2 fully saturated rings. The average Bonchev–Trinajstić information content (AvgIpc) is 2.97. The van der Waals surface area contributed by atoms with Crippen LogP contribution in [-0.4, -0.2) is 48.2 Å². The van der Waals surface area contributed by atoms with Gasteiger partial charge < -0.3 is 10.4 Å². The van der Waals surface area contributed by atoms with Gasteiger partial charge in [0.15, 0.2) is 0 Å². The Hall–Kier alpha value is -0.610. The first-order chi connectivity index (χ1) is 7.79. The summed E-state index contributed by atoms with van der Waals surface area (Å²) >= 11 is 0. The third-order valence-electron chi connectivity index (χ3n) is 3.61. The Balaban J connectivity index is 1.63. The van der Waals surface area contributed by atoms with Crippen molar-refractivity contribution in [1.82, 2.24) is 10.2 Å². The average molecular weight is 226 g/mol. The summed E-state index contributed by atoms with van der Waals surface area (Å²) in [6.45, 7) is 2.07. The van der Waals surface area contributed by atoms with Crippen molar-refractivity contribution in [2.45, 2.75) is 38.1 Å². The second-order valence-corrected chi connectivity index (χ2v) is 5.03. The summed E-state index contributed by atoms with van der Waals surface area (Å²) in [5, 5.41) is 11.9. The molecule has 2 N–H and O–H groups in total. The minimum atomic E-state index is 0.118. The van der Waals surface area contributed by atoms with Gasteiger partial charge in [0.1, 0.15) is 0 Å². The molecule has 0 aromatic carbocycles. The van der Waals surface area contributed by atoms with Gasteiger partial charge in [0.25, 0.3) is 0 Å². The van der Waals surface area contributed by atoms with Gasteiger partial charge in [-0.15, -0.1) is 0 Å². The lowest BCUT2D eigenvalue weighted by Crippen LogP contribution is -2.41. The molecule has 0 heterocycles. The largest absolute Gasteiger partial charge is 0.395 e. The van der Waals surface area contributed by atoms with E-state index in [-0.39, 0.29) is 12.5 Å². The second-order valence-electron chi connectivity index (χ2n) is 5.03. The van der Waals surface area contributed by atoms with Crippen molar-refractivity contribution in [3.8, 4) is 0 Å². The molecule has 2 aliphatic rings. The molecule has 0 unspecified atom stereocenters. The van der Waals surface area contributed by atoms with Gasteiger partial charge in [0.2, 0.25) is 5.91 Å². The van der Waals surface area contributed by atoms with Crippen LogP contribution in [0.5, 0.6) is 0 Å². The molecule has 2 saturated carbocycles. The van der Waals surface area contributed by atoms with Crippen LogP contribution in [0.3, 0.4) is 0 Å². The molecule has 0 spiro atoms. The van der Waals surface area contributed by atoms with Crippen LogP contribution < -0.4 is 5.32 Å². The number of hydrogen-bond donors (Lipinski definition) is 2. The molecule has 4 heteroatoms. The molecule has 0 atom stereocenters. The fourth-order valence-corrected chi connectivity index (χ4v) is 2.15. The van der Waals surface area contributed by atoms with E-state index in [0.717, 1.165) is 12.5 Å². The Bertz CT molecular complexity index is 237. The molecule has 0 aliphatic heterocycles. The smallest absolute Gasteiger partial charge is 0.234 e. The van der Waals surface area contributed by atoms with Crippen LogP contribution in [0, 0.1) is 5.92 Å². The maximum Gasteiger partial charge on any atom is 0.234 e. The number of nitrogens with one attached hydrogen (secondary N) is 1. The Labute approximate surface area is 97.0 Å². The van der Waals surface area contributed by atoms with Gasteiger partial charge in [-0.1, -0.05) is 6.42 Å². The summed E-state index contributed by atoms with van der Waals surface area (Å²) in [5.74, 6) is 0.836. The van der Waals surface area contributed by atoms with Crippen molar-refractivity contribution in [2.24, 2.45) is 5.92 Å². The highest BCUT2D eigenvalue weighted by Crippen LogP contribution is 2.26. The van der Waals surface area contributed by atoms with Crippen LogP contribution in [0.4, 0.5) is 0 Å². The number of amides is 1. The molecule has 4 nitrogen and oxygen atoms in total. The van der Waals surface area contributed by atoms with Crippen LogP contribution in [0.2, 0.25) is 0 Å². The highest BCUT2D eigenvalue weighted by Gasteiger charge is 2.29. The van der Waals surface area contributed by atoms with E-state index < -0.39 is 0 Å².